The van der Waals surface area contributed by atoms with Crippen LogP contribution in [0.25, 0.3) is 0 Å². The van der Waals surface area contributed by atoms with Crippen LogP contribution in [0.5, 0.6) is 0 Å². The first-order chi connectivity index (χ1) is 7.74. The van der Waals surface area contributed by atoms with Gasteiger partial charge in [-0.2, -0.15) is 0 Å². The summed E-state index contributed by atoms with van der Waals surface area (Å²) in [6.45, 7) is -0.202. The number of aliphatic hydroxyl groups excluding tert-OH is 1. The van der Waals surface area contributed by atoms with Gasteiger partial charge in [-0.25, -0.2) is 4.79 Å². The zero-order valence-electron chi connectivity index (χ0n) is 9.05. The summed E-state index contributed by atoms with van der Waals surface area (Å²) in [4.78, 5) is 11.5. The Balaban J connectivity index is 1.78. The van der Waals surface area contributed by atoms with Gasteiger partial charge in [-0.05, 0) is 12.8 Å². The molecule has 3 atom stereocenters. The van der Waals surface area contributed by atoms with Crippen molar-refractivity contribution >= 4 is 5.97 Å². The smallest absolute Gasteiger partial charge is 0.338 e. The van der Waals surface area contributed by atoms with Gasteiger partial charge >= 0.3 is 5.97 Å². The van der Waals surface area contributed by atoms with Gasteiger partial charge in [-0.15, -0.1) is 0 Å². The lowest BCUT2D eigenvalue weighted by Gasteiger charge is -2.32. The topological polar surface area (TPSA) is 65.0 Å². The van der Waals surface area contributed by atoms with Crippen LogP contribution >= 0.6 is 0 Å². The maximum Gasteiger partial charge on any atom is 0.338 e. The second-order valence-electron chi connectivity index (χ2n) is 4.75. The first-order valence-electron chi connectivity index (χ1n) is 5.91. The minimum Gasteiger partial charge on any atom is -0.455 e. The van der Waals surface area contributed by atoms with E-state index in [1.807, 2.05) is 0 Å². The molecule has 0 aromatic carbocycles. The van der Waals surface area contributed by atoms with Crippen LogP contribution in [0, 0.1) is 0 Å². The minimum atomic E-state index is -0.629. The molecule has 2 aliphatic heterocycles. The van der Waals surface area contributed by atoms with Crippen LogP contribution in [0.15, 0.2) is 0 Å². The Morgan fingerprint density at radius 1 is 1.25 bits per heavy atom. The van der Waals surface area contributed by atoms with E-state index in [-0.39, 0.29) is 6.61 Å². The molecule has 3 aliphatic rings. The van der Waals surface area contributed by atoms with Crippen LogP contribution in [0.1, 0.15) is 32.1 Å². The molecule has 5 nitrogen and oxygen atoms in total. The summed E-state index contributed by atoms with van der Waals surface area (Å²) in [6, 6.07) is 0. The third kappa shape index (κ3) is 1.46. The molecule has 2 heterocycles. The lowest BCUT2D eigenvalue weighted by atomic mass is 9.94. The number of hydrogen-bond donors (Lipinski definition) is 1. The standard InChI is InChI=1S/C11H16O5/c12-6-7-8-9(10(13)14-7)16-11(15-8)4-2-1-3-5-11/h7-9,12H,1-6H2/t7-,8?,9?/m1/s1. The van der Waals surface area contributed by atoms with Crippen molar-refractivity contribution in [3.8, 4) is 0 Å². The molecule has 90 valence electrons. The zero-order valence-corrected chi connectivity index (χ0v) is 9.05. The second kappa shape index (κ2) is 3.68. The van der Waals surface area contributed by atoms with Crippen molar-refractivity contribution in [1.82, 2.24) is 0 Å². The lowest BCUT2D eigenvalue weighted by Crippen LogP contribution is -2.37. The molecule has 0 amide bonds. The van der Waals surface area contributed by atoms with Crippen molar-refractivity contribution in [2.75, 3.05) is 6.61 Å². The summed E-state index contributed by atoms with van der Waals surface area (Å²) >= 11 is 0. The Kier molecular flexibility index (Phi) is 2.42. The molecule has 16 heavy (non-hydrogen) atoms. The molecule has 3 fully saturated rings. The predicted octanol–water partition coefficient (Wildman–Crippen LogP) is 0.348. The molecule has 1 N–H and O–H groups in total. The summed E-state index contributed by atoms with van der Waals surface area (Å²) in [7, 11) is 0. The van der Waals surface area contributed by atoms with Crippen LogP contribution in [-0.2, 0) is 19.0 Å². The molecule has 3 rings (SSSR count). The van der Waals surface area contributed by atoms with Gasteiger partial charge in [0.15, 0.2) is 18.0 Å². The summed E-state index contributed by atoms with van der Waals surface area (Å²) in [5, 5.41) is 9.10. The third-order valence-electron chi connectivity index (χ3n) is 3.65. The fourth-order valence-electron chi connectivity index (χ4n) is 2.84. The van der Waals surface area contributed by atoms with Crippen LogP contribution in [0.4, 0.5) is 0 Å². The fraction of sp³-hybridized carbons (Fsp3) is 0.909. The molecule has 1 saturated carbocycles. The Morgan fingerprint density at radius 3 is 2.69 bits per heavy atom. The van der Waals surface area contributed by atoms with E-state index in [4.69, 9.17) is 19.3 Å². The molecule has 2 saturated heterocycles. The summed E-state index contributed by atoms with van der Waals surface area (Å²) < 4.78 is 16.6. The van der Waals surface area contributed by atoms with Crippen LogP contribution < -0.4 is 0 Å². The first-order valence-corrected chi connectivity index (χ1v) is 5.91. The van der Waals surface area contributed by atoms with Crippen molar-refractivity contribution in [3.05, 3.63) is 0 Å². The summed E-state index contributed by atoms with van der Waals surface area (Å²) in [6.07, 6.45) is 3.40. The fourth-order valence-corrected chi connectivity index (χ4v) is 2.84. The number of esters is 1. The normalized spacial score (nSPS) is 41.1. The van der Waals surface area contributed by atoms with Gasteiger partial charge in [-0.3, -0.25) is 0 Å². The largest absolute Gasteiger partial charge is 0.455 e. The van der Waals surface area contributed by atoms with E-state index in [9.17, 15) is 4.79 Å². The highest BCUT2D eigenvalue weighted by Crippen LogP contribution is 2.44. The van der Waals surface area contributed by atoms with Crippen molar-refractivity contribution in [1.29, 1.82) is 0 Å². The monoisotopic (exact) mass is 228 g/mol. The molecule has 0 radical (unpaired) electrons. The number of carbonyl (C=O) groups excluding carboxylic acids is 1. The third-order valence-corrected chi connectivity index (χ3v) is 3.65. The maximum atomic E-state index is 11.5. The quantitative estimate of drug-likeness (QED) is 0.656. The number of carbonyl (C=O) groups is 1. The van der Waals surface area contributed by atoms with E-state index < -0.39 is 30.1 Å². The second-order valence-corrected chi connectivity index (χ2v) is 4.75. The molecule has 1 aliphatic carbocycles. The van der Waals surface area contributed by atoms with E-state index in [0.29, 0.717) is 0 Å². The maximum absolute atomic E-state index is 11.5. The SMILES string of the molecule is O=C1O[C@H](CO)C2OC3(CCCCC3)OC12. The highest BCUT2D eigenvalue weighted by atomic mass is 16.8. The number of hydrogen-bond acceptors (Lipinski definition) is 5. The summed E-state index contributed by atoms with van der Waals surface area (Å²) in [5.74, 6) is -0.980. The van der Waals surface area contributed by atoms with Crippen LogP contribution in [0.3, 0.4) is 0 Å². The average Bonchev–Trinajstić information content (AvgIpc) is 2.78. The minimum absolute atomic E-state index is 0.202. The highest BCUT2D eigenvalue weighted by molar-refractivity contribution is 5.78. The number of fused-ring (bicyclic) bond motifs is 1. The van der Waals surface area contributed by atoms with Gasteiger partial charge in [-0.1, -0.05) is 6.42 Å². The Labute approximate surface area is 93.7 Å². The van der Waals surface area contributed by atoms with E-state index in [2.05, 4.69) is 0 Å². The Hall–Kier alpha value is -0.650. The molecular weight excluding hydrogens is 212 g/mol. The van der Waals surface area contributed by atoms with Crippen molar-refractivity contribution in [3.63, 3.8) is 0 Å². The van der Waals surface area contributed by atoms with Gasteiger partial charge in [0.2, 0.25) is 0 Å². The average molecular weight is 228 g/mol. The van der Waals surface area contributed by atoms with E-state index >= 15 is 0 Å². The van der Waals surface area contributed by atoms with Crippen LogP contribution in [0.2, 0.25) is 0 Å². The highest BCUT2D eigenvalue weighted by Gasteiger charge is 2.58. The van der Waals surface area contributed by atoms with Gasteiger partial charge in [0.1, 0.15) is 6.10 Å². The predicted molar refractivity (Wildman–Crippen MR) is 52.5 cm³/mol. The molecule has 0 aromatic rings. The molecule has 0 aromatic heterocycles. The van der Waals surface area contributed by atoms with E-state index in [1.54, 1.807) is 0 Å². The van der Waals surface area contributed by atoms with Gasteiger partial charge in [0, 0.05) is 12.8 Å². The molecule has 0 bridgehead atoms. The lowest BCUT2D eigenvalue weighted by molar-refractivity contribution is -0.217. The number of aliphatic hydroxyl groups is 1. The van der Waals surface area contributed by atoms with E-state index in [0.717, 1.165) is 25.7 Å². The van der Waals surface area contributed by atoms with Crippen LogP contribution in [-0.4, -0.2) is 41.8 Å². The van der Waals surface area contributed by atoms with Crippen molar-refractivity contribution < 1.29 is 24.1 Å². The van der Waals surface area contributed by atoms with Crippen molar-refractivity contribution in [2.45, 2.75) is 56.2 Å². The number of rotatable bonds is 1. The molecule has 2 unspecified atom stereocenters. The first kappa shape index (κ1) is 10.5. The Morgan fingerprint density at radius 2 is 2.00 bits per heavy atom. The number of cyclic esters (lactones) is 1. The van der Waals surface area contributed by atoms with Crippen molar-refractivity contribution in [2.24, 2.45) is 0 Å². The molecular formula is C11H16O5. The van der Waals surface area contributed by atoms with E-state index in [1.165, 1.54) is 6.42 Å². The zero-order chi connectivity index (χ0) is 11.2. The van der Waals surface area contributed by atoms with Gasteiger partial charge in [0.05, 0.1) is 6.61 Å². The molecule has 1 spiro atoms. The van der Waals surface area contributed by atoms with Gasteiger partial charge in [0.25, 0.3) is 0 Å². The molecule has 5 heteroatoms. The Bertz CT molecular complexity index is 297. The van der Waals surface area contributed by atoms with Gasteiger partial charge < -0.3 is 19.3 Å². The number of ether oxygens (including phenoxy) is 3. The summed E-state index contributed by atoms with van der Waals surface area (Å²) in [5.41, 5.74) is 0.